The van der Waals surface area contributed by atoms with Gasteiger partial charge < -0.3 is 20.1 Å². The van der Waals surface area contributed by atoms with Gasteiger partial charge in [-0.15, -0.1) is 0 Å². The number of nitrogens with one attached hydrogen (secondary N) is 1. The Morgan fingerprint density at radius 2 is 1.84 bits per heavy atom. The molecule has 32 heavy (non-hydrogen) atoms. The Bertz CT molecular complexity index is 987. The molecule has 6 nitrogen and oxygen atoms in total. The summed E-state index contributed by atoms with van der Waals surface area (Å²) in [5, 5.41) is 12.3. The van der Waals surface area contributed by atoms with Crippen LogP contribution in [0.15, 0.2) is 60.7 Å². The van der Waals surface area contributed by atoms with Crippen LogP contribution in [0.5, 0.6) is 5.75 Å². The van der Waals surface area contributed by atoms with Gasteiger partial charge in [-0.1, -0.05) is 48.9 Å². The minimum atomic E-state index is -0.690. The molecule has 2 N–H and O–H groups in total. The first-order valence-corrected chi connectivity index (χ1v) is 11.1. The Hall–Kier alpha value is -3.41. The van der Waals surface area contributed by atoms with Crippen molar-refractivity contribution in [3.05, 3.63) is 71.8 Å². The summed E-state index contributed by atoms with van der Waals surface area (Å²) < 4.78 is 0. The number of nitrogens with zero attached hydrogens (tertiary/aromatic N) is 1. The van der Waals surface area contributed by atoms with Crippen LogP contribution in [0.2, 0.25) is 0 Å². The number of amides is 2. The van der Waals surface area contributed by atoms with Crippen LogP contribution in [0, 0.1) is 11.8 Å². The van der Waals surface area contributed by atoms with E-state index in [1.807, 2.05) is 30.3 Å². The molecule has 0 unspecified atom stereocenters. The van der Waals surface area contributed by atoms with Gasteiger partial charge in [0.15, 0.2) is 0 Å². The predicted molar refractivity (Wildman–Crippen MR) is 122 cm³/mol. The van der Waals surface area contributed by atoms with Gasteiger partial charge in [0.25, 0.3) is 0 Å². The summed E-state index contributed by atoms with van der Waals surface area (Å²) in [5.74, 6) is 0.161. The first kappa shape index (κ1) is 21.8. The molecule has 0 spiro atoms. The zero-order valence-electron chi connectivity index (χ0n) is 17.9. The number of aldehydes is 1. The maximum absolute atomic E-state index is 13.3. The number of phenolic OH excluding ortho intramolecular Hbond substituents is 1. The van der Waals surface area contributed by atoms with Crippen molar-refractivity contribution in [2.45, 2.75) is 37.8 Å². The second kappa shape index (κ2) is 9.81. The number of carbonyl (C=O) groups is 3. The van der Waals surface area contributed by atoms with Gasteiger partial charge in [0, 0.05) is 12.6 Å². The molecule has 1 saturated heterocycles. The Morgan fingerprint density at radius 1 is 1.09 bits per heavy atom. The number of hydrogen-bond donors (Lipinski definition) is 2. The number of aromatic hydroxyl groups is 1. The number of carbonyl (C=O) groups excluding carboxylic acids is 3. The van der Waals surface area contributed by atoms with Gasteiger partial charge in [-0.3, -0.25) is 9.59 Å². The fourth-order valence-corrected chi connectivity index (χ4v) is 4.98. The zero-order valence-corrected chi connectivity index (χ0v) is 17.9. The van der Waals surface area contributed by atoms with Crippen molar-refractivity contribution in [2.75, 3.05) is 6.54 Å². The van der Waals surface area contributed by atoms with Crippen LogP contribution in [0.4, 0.5) is 0 Å². The largest absolute Gasteiger partial charge is 0.508 e. The molecule has 2 aromatic carbocycles. The van der Waals surface area contributed by atoms with E-state index in [0.717, 1.165) is 36.7 Å². The normalized spacial score (nSPS) is 23.1. The van der Waals surface area contributed by atoms with E-state index in [1.165, 1.54) is 6.08 Å². The molecule has 1 heterocycles. The van der Waals surface area contributed by atoms with Crippen LogP contribution in [-0.4, -0.2) is 46.7 Å². The third kappa shape index (κ3) is 4.90. The molecule has 166 valence electrons. The average molecular weight is 433 g/mol. The van der Waals surface area contributed by atoms with Crippen molar-refractivity contribution in [3.8, 4) is 5.75 Å². The van der Waals surface area contributed by atoms with Crippen LogP contribution in [0.25, 0.3) is 6.08 Å². The summed E-state index contributed by atoms with van der Waals surface area (Å²) in [5.41, 5.74) is 1.76. The quantitative estimate of drug-likeness (QED) is 0.520. The van der Waals surface area contributed by atoms with Gasteiger partial charge in [0.1, 0.15) is 18.1 Å². The highest BCUT2D eigenvalue weighted by Gasteiger charge is 2.49. The summed E-state index contributed by atoms with van der Waals surface area (Å²) in [6, 6.07) is 14.9. The fourth-order valence-electron chi connectivity index (χ4n) is 4.98. The smallest absolute Gasteiger partial charge is 0.247 e. The second-order valence-electron chi connectivity index (χ2n) is 8.66. The number of hydrogen-bond acceptors (Lipinski definition) is 4. The number of likely N-dealkylation sites (tertiary alicyclic amines) is 1. The highest BCUT2D eigenvalue weighted by atomic mass is 16.3. The molecule has 0 aromatic heterocycles. The van der Waals surface area contributed by atoms with Crippen LogP contribution < -0.4 is 5.32 Å². The predicted octanol–water partition coefficient (Wildman–Crippen LogP) is 2.96. The lowest BCUT2D eigenvalue weighted by Crippen LogP contribution is -2.51. The van der Waals surface area contributed by atoms with E-state index in [1.54, 1.807) is 35.2 Å². The summed E-state index contributed by atoms with van der Waals surface area (Å²) in [4.78, 5) is 39.6. The lowest BCUT2D eigenvalue weighted by atomic mass is 9.93. The van der Waals surface area contributed by atoms with Gasteiger partial charge in [0.05, 0.1) is 6.04 Å². The average Bonchev–Trinajstić information content (AvgIpc) is 3.40. The molecule has 2 aromatic rings. The van der Waals surface area contributed by atoms with Gasteiger partial charge in [-0.05, 0) is 60.4 Å². The number of fused-ring (bicyclic) bond motifs is 1. The van der Waals surface area contributed by atoms with Crippen molar-refractivity contribution in [1.82, 2.24) is 10.2 Å². The molecular formula is C26H28N2O4. The molecule has 0 radical (unpaired) electrons. The van der Waals surface area contributed by atoms with E-state index in [2.05, 4.69) is 5.32 Å². The Balaban J connectivity index is 1.47. The van der Waals surface area contributed by atoms with Gasteiger partial charge >= 0.3 is 0 Å². The van der Waals surface area contributed by atoms with Gasteiger partial charge in [-0.25, -0.2) is 0 Å². The van der Waals surface area contributed by atoms with E-state index >= 15 is 0 Å². The Labute approximate surface area is 187 Å². The highest BCUT2D eigenvalue weighted by molar-refractivity contribution is 5.96. The monoisotopic (exact) mass is 432 g/mol. The standard InChI is InChI=1S/C26H28N2O4/c29-17-21(15-19-9-12-22(30)13-10-19)27-26(32)25-23-8-4-7-20(23)16-28(25)24(31)14-11-18-5-2-1-3-6-18/h1-3,5-6,9-14,17,20-21,23,25,30H,4,7-8,15-16H2,(H,27,32)/b14-11+/t20-,21-,23-,25-/m0/s1. The van der Waals surface area contributed by atoms with Crippen LogP contribution in [0.1, 0.15) is 30.4 Å². The lowest BCUT2D eigenvalue weighted by molar-refractivity contribution is -0.137. The van der Waals surface area contributed by atoms with Crippen LogP contribution >= 0.6 is 0 Å². The fraction of sp³-hybridized carbons (Fsp3) is 0.346. The molecule has 1 aliphatic carbocycles. The van der Waals surface area contributed by atoms with Crippen LogP contribution in [0.3, 0.4) is 0 Å². The lowest BCUT2D eigenvalue weighted by Gasteiger charge is -2.27. The van der Waals surface area contributed by atoms with Crippen molar-refractivity contribution in [2.24, 2.45) is 11.8 Å². The first-order chi connectivity index (χ1) is 15.5. The topological polar surface area (TPSA) is 86.7 Å². The van der Waals surface area contributed by atoms with Crippen molar-refractivity contribution >= 4 is 24.2 Å². The summed E-state index contributed by atoms with van der Waals surface area (Å²) in [6.45, 7) is 0.574. The third-order valence-corrected chi connectivity index (χ3v) is 6.54. The zero-order chi connectivity index (χ0) is 22.5. The van der Waals surface area contributed by atoms with E-state index in [0.29, 0.717) is 18.9 Å². The third-order valence-electron chi connectivity index (χ3n) is 6.54. The maximum Gasteiger partial charge on any atom is 0.247 e. The minimum absolute atomic E-state index is 0.130. The van der Waals surface area contributed by atoms with E-state index < -0.39 is 12.1 Å². The van der Waals surface area contributed by atoms with Crippen molar-refractivity contribution in [3.63, 3.8) is 0 Å². The molecule has 4 atom stereocenters. The van der Waals surface area contributed by atoms with E-state index in [-0.39, 0.29) is 23.5 Å². The molecule has 1 aliphatic heterocycles. The number of phenols is 1. The van der Waals surface area contributed by atoms with Crippen molar-refractivity contribution < 1.29 is 19.5 Å². The molecule has 0 bridgehead atoms. The highest BCUT2D eigenvalue weighted by Crippen LogP contribution is 2.42. The molecule has 2 aliphatic rings. The van der Waals surface area contributed by atoms with E-state index in [9.17, 15) is 19.5 Å². The summed E-state index contributed by atoms with van der Waals surface area (Å²) >= 11 is 0. The molecule has 6 heteroatoms. The van der Waals surface area contributed by atoms with Gasteiger partial charge in [-0.2, -0.15) is 0 Å². The molecule has 1 saturated carbocycles. The minimum Gasteiger partial charge on any atom is -0.508 e. The maximum atomic E-state index is 13.3. The Kier molecular flexibility index (Phi) is 6.69. The van der Waals surface area contributed by atoms with Gasteiger partial charge in [0.2, 0.25) is 11.8 Å². The Morgan fingerprint density at radius 3 is 2.56 bits per heavy atom. The summed E-state index contributed by atoms with van der Waals surface area (Å²) in [7, 11) is 0. The van der Waals surface area contributed by atoms with Crippen molar-refractivity contribution in [1.29, 1.82) is 0 Å². The SMILES string of the molecule is O=C[C@H](Cc1ccc(O)cc1)NC(=O)[C@@H]1[C@H]2CCC[C@H]2CN1C(=O)/C=C/c1ccccc1. The van der Waals surface area contributed by atoms with Crippen LogP contribution in [-0.2, 0) is 20.8 Å². The van der Waals surface area contributed by atoms with E-state index in [4.69, 9.17) is 0 Å². The molecular weight excluding hydrogens is 404 g/mol. The number of benzene rings is 2. The first-order valence-electron chi connectivity index (χ1n) is 11.1. The second-order valence-corrected chi connectivity index (χ2v) is 8.66. The number of rotatable bonds is 7. The molecule has 2 fully saturated rings. The summed E-state index contributed by atoms with van der Waals surface area (Å²) in [6.07, 6.45) is 7.36. The molecule has 4 rings (SSSR count). The molecule has 2 amide bonds.